The van der Waals surface area contributed by atoms with Crippen LogP contribution in [-0.2, 0) is 23.2 Å². The smallest absolute Gasteiger partial charge is 0.330 e. The van der Waals surface area contributed by atoms with Crippen LogP contribution in [0.25, 0.3) is 0 Å². The molecular weight excluding hydrogens is 368 g/mol. The first-order valence-electron chi connectivity index (χ1n) is 10.0. The van der Waals surface area contributed by atoms with Gasteiger partial charge in [0, 0.05) is 26.7 Å². The van der Waals surface area contributed by atoms with Crippen molar-refractivity contribution in [2.24, 2.45) is 5.92 Å². The summed E-state index contributed by atoms with van der Waals surface area (Å²) in [5.41, 5.74) is 8.02. The zero-order valence-corrected chi connectivity index (χ0v) is 18.4. The minimum Gasteiger partial charge on any atom is -0.383 e. The number of aromatic amines is 1. The van der Waals surface area contributed by atoms with Gasteiger partial charge >= 0.3 is 5.69 Å². The number of anilines is 2. The largest absolute Gasteiger partial charge is 0.383 e. The summed E-state index contributed by atoms with van der Waals surface area (Å²) in [7, 11) is 1.61. The minimum absolute atomic E-state index is 0.0716. The van der Waals surface area contributed by atoms with E-state index in [2.05, 4.69) is 50.0 Å². The van der Waals surface area contributed by atoms with Crippen LogP contribution in [0.1, 0.15) is 45.7 Å². The molecule has 0 atom stereocenters. The van der Waals surface area contributed by atoms with Gasteiger partial charge in [0.05, 0.1) is 6.61 Å². The number of aromatic nitrogens is 2. The molecule has 0 saturated carbocycles. The number of methoxy groups -OCH3 is 1. The number of hydrogen-bond acceptors (Lipinski definition) is 5. The predicted octanol–water partition coefficient (Wildman–Crippen LogP) is 2.73. The topological polar surface area (TPSA) is 93.3 Å². The third-order valence-corrected chi connectivity index (χ3v) is 4.84. The summed E-state index contributed by atoms with van der Waals surface area (Å²) in [6.07, 6.45) is 0. The molecule has 0 radical (unpaired) electrons. The van der Waals surface area contributed by atoms with Gasteiger partial charge in [0.25, 0.3) is 5.56 Å². The Hall–Kier alpha value is -2.54. The van der Waals surface area contributed by atoms with Crippen molar-refractivity contribution in [2.45, 2.75) is 53.1 Å². The number of nitrogens with one attached hydrogen (secondary N) is 1. The lowest BCUT2D eigenvalue weighted by Gasteiger charge is -2.27. The Bertz CT molecular complexity index is 921. The molecule has 7 heteroatoms. The maximum atomic E-state index is 12.6. The van der Waals surface area contributed by atoms with Crippen molar-refractivity contribution in [3.05, 3.63) is 56.2 Å². The zero-order valence-electron chi connectivity index (χ0n) is 18.4. The van der Waals surface area contributed by atoms with Gasteiger partial charge in [-0.1, -0.05) is 58.9 Å². The van der Waals surface area contributed by atoms with Gasteiger partial charge in [-0.15, -0.1) is 0 Å². The SMILES string of the molecule is COCCN(Cc1ccc(C(C)(C)C)cc1)c1c(N)n(CC(C)C)c(=O)[nH]c1=O. The molecule has 0 amide bonds. The molecule has 0 aliphatic heterocycles. The lowest BCUT2D eigenvalue weighted by Crippen LogP contribution is -2.39. The number of rotatable bonds is 8. The molecule has 1 aromatic carbocycles. The molecule has 0 spiro atoms. The van der Waals surface area contributed by atoms with Crippen LogP contribution in [0.2, 0.25) is 0 Å². The van der Waals surface area contributed by atoms with Crippen molar-refractivity contribution in [1.82, 2.24) is 9.55 Å². The molecule has 0 unspecified atom stereocenters. The molecule has 0 aliphatic rings. The molecule has 1 heterocycles. The Balaban J connectivity index is 2.45. The third-order valence-electron chi connectivity index (χ3n) is 4.84. The summed E-state index contributed by atoms with van der Waals surface area (Å²) in [6.45, 7) is 12.3. The van der Waals surface area contributed by atoms with Crippen LogP contribution in [0, 0.1) is 5.92 Å². The highest BCUT2D eigenvalue weighted by Gasteiger charge is 2.20. The highest BCUT2D eigenvalue weighted by Crippen LogP contribution is 2.24. The van der Waals surface area contributed by atoms with Gasteiger partial charge in [-0.05, 0) is 22.5 Å². The van der Waals surface area contributed by atoms with Crippen LogP contribution >= 0.6 is 0 Å². The van der Waals surface area contributed by atoms with E-state index in [1.54, 1.807) is 7.11 Å². The Labute approximate surface area is 172 Å². The molecule has 160 valence electrons. The van der Waals surface area contributed by atoms with E-state index in [1.165, 1.54) is 10.1 Å². The fraction of sp³-hybridized carbons (Fsp3) is 0.545. The van der Waals surface area contributed by atoms with E-state index in [0.717, 1.165) is 5.56 Å². The second kappa shape index (κ2) is 9.31. The van der Waals surface area contributed by atoms with Crippen LogP contribution in [0.15, 0.2) is 33.9 Å². The van der Waals surface area contributed by atoms with Crippen LogP contribution in [0.4, 0.5) is 11.5 Å². The fourth-order valence-corrected chi connectivity index (χ4v) is 3.23. The summed E-state index contributed by atoms with van der Waals surface area (Å²) in [5, 5.41) is 0. The van der Waals surface area contributed by atoms with Crippen molar-refractivity contribution < 1.29 is 4.74 Å². The number of nitrogens with zero attached hydrogens (tertiary/aromatic N) is 2. The molecule has 0 saturated heterocycles. The number of nitrogens with two attached hydrogens (primary N) is 1. The van der Waals surface area contributed by atoms with Crippen LogP contribution in [0.3, 0.4) is 0 Å². The van der Waals surface area contributed by atoms with Gasteiger partial charge in [-0.25, -0.2) is 4.79 Å². The minimum atomic E-state index is -0.480. The molecule has 2 aromatic rings. The Morgan fingerprint density at radius 2 is 1.79 bits per heavy atom. The third kappa shape index (κ3) is 5.73. The Kier molecular flexibility index (Phi) is 7.30. The number of ether oxygens (including phenoxy) is 1. The molecule has 1 aromatic heterocycles. The predicted molar refractivity (Wildman–Crippen MR) is 119 cm³/mol. The van der Waals surface area contributed by atoms with E-state index >= 15 is 0 Å². The van der Waals surface area contributed by atoms with E-state index in [9.17, 15) is 9.59 Å². The molecule has 3 N–H and O–H groups in total. The maximum Gasteiger partial charge on any atom is 0.330 e. The lowest BCUT2D eigenvalue weighted by molar-refractivity contribution is 0.205. The average Bonchev–Trinajstić information content (AvgIpc) is 2.62. The highest BCUT2D eigenvalue weighted by atomic mass is 16.5. The normalized spacial score (nSPS) is 11.8. The summed E-state index contributed by atoms with van der Waals surface area (Å²) in [5.74, 6) is 0.404. The second-order valence-corrected chi connectivity index (χ2v) is 8.86. The number of benzene rings is 1. The van der Waals surface area contributed by atoms with E-state index in [0.29, 0.717) is 31.9 Å². The van der Waals surface area contributed by atoms with Crippen molar-refractivity contribution in [1.29, 1.82) is 0 Å². The van der Waals surface area contributed by atoms with Crippen LogP contribution in [-0.4, -0.2) is 29.8 Å². The van der Waals surface area contributed by atoms with Crippen molar-refractivity contribution in [2.75, 3.05) is 30.9 Å². The van der Waals surface area contributed by atoms with Gasteiger partial charge in [-0.3, -0.25) is 14.3 Å². The van der Waals surface area contributed by atoms with Gasteiger partial charge < -0.3 is 15.4 Å². The molecule has 0 fully saturated rings. The van der Waals surface area contributed by atoms with E-state index in [1.807, 2.05) is 18.7 Å². The molecule has 29 heavy (non-hydrogen) atoms. The number of H-pyrrole nitrogens is 1. The van der Waals surface area contributed by atoms with Crippen LogP contribution < -0.4 is 21.9 Å². The van der Waals surface area contributed by atoms with Gasteiger partial charge in [0.2, 0.25) is 0 Å². The standard InChI is InChI=1S/C22H34N4O3/c1-15(2)13-26-19(23)18(20(27)24-21(26)28)25(11-12-29-6)14-16-7-9-17(10-8-16)22(3,4)5/h7-10,15H,11-14,23H2,1-6H3,(H,24,27,28). The van der Waals surface area contributed by atoms with E-state index < -0.39 is 11.2 Å². The van der Waals surface area contributed by atoms with Crippen molar-refractivity contribution in [3.8, 4) is 0 Å². The summed E-state index contributed by atoms with van der Waals surface area (Å²) < 4.78 is 6.66. The first-order chi connectivity index (χ1) is 13.5. The van der Waals surface area contributed by atoms with Crippen molar-refractivity contribution >= 4 is 11.5 Å². The Morgan fingerprint density at radius 3 is 2.31 bits per heavy atom. The fourth-order valence-electron chi connectivity index (χ4n) is 3.23. The molecule has 2 rings (SSSR count). The van der Waals surface area contributed by atoms with Gasteiger partial charge in [0.1, 0.15) is 11.5 Å². The molecule has 0 bridgehead atoms. The maximum absolute atomic E-state index is 12.6. The number of hydrogen-bond donors (Lipinski definition) is 2. The Morgan fingerprint density at radius 1 is 1.17 bits per heavy atom. The molecular formula is C22H34N4O3. The van der Waals surface area contributed by atoms with E-state index in [-0.39, 0.29) is 17.2 Å². The highest BCUT2D eigenvalue weighted by molar-refractivity contribution is 5.62. The summed E-state index contributed by atoms with van der Waals surface area (Å²) >= 11 is 0. The van der Waals surface area contributed by atoms with E-state index in [4.69, 9.17) is 10.5 Å². The number of nitrogen functional groups attached to an aromatic ring is 1. The van der Waals surface area contributed by atoms with Gasteiger partial charge in [0.15, 0.2) is 0 Å². The first-order valence-corrected chi connectivity index (χ1v) is 10.0. The first kappa shape index (κ1) is 22.7. The lowest BCUT2D eigenvalue weighted by atomic mass is 9.87. The average molecular weight is 403 g/mol. The summed E-state index contributed by atoms with van der Waals surface area (Å²) in [6, 6.07) is 8.35. The quantitative estimate of drug-likeness (QED) is 0.708. The monoisotopic (exact) mass is 402 g/mol. The van der Waals surface area contributed by atoms with Crippen LogP contribution in [0.5, 0.6) is 0 Å². The van der Waals surface area contributed by atoms with Gasteiger partial charge in [-0.2, -0.15) is 0 Å². The summed E-state index contributed by atoms with van der Waals surface area (Å²) in [4.78, 5) is 29.2. The second-order valence-electron chi connectivity index (χ2n) is 8.86. The molecule has 0 aliphatic carbocycles. The molecule has 7 nitrogen and oxygen atoms in total. The van der Waals surface area contributed by atoms with Crippen molar-refractivity contribution in [3.63, 3.8) is 0 Å². The zero-order chi connectivity index (χ0) is 21.8.